The van der Waals surface area contributed by atoms with E-state index in [0.29, 0.717) is 29.7 Å². The summed E-state index contributed by atoms with van der Waals surface area (Å²) in [6.45, 7) is 2.38. The molecule has 2 aliphatic rings. The quantitative estimate of drug-likeness (QED) is 0.848. The van der Waals surface area contributed by atoms with Crippen LogP contribution in [0.3, 0.4) is 0 Å². The summed E-state index contributed by atoms with van der Waals surface area (Å²) < 4.78 is 11.2. The molecule has 7 heteroatoms. The monoisotopic (exact) mass is 355 g/mol. The van der Waals surface area contributed by atoms with Gasteiger partial charge in [-0.25, -0.2) is 4.98 Å². The van der Waals surface area contributed by atoms with E-state index in [-0.39, 0.29) is 17.4 Å². The number of carbonyl (C=O) groups is 2. The van der Waals surface area contributed by atoms with Crippen molar-refractivity contribution in [2.45, 2.75) is 25.8 Å². The van der Waals surface area contributed by atoms with Crippen molar-refractivity contribution in [3.63, 3.8) is 0 Å². The number of methoxy groups -OCH3 is 1. The highest BCUT2D eigenvalue weighted by molar-refractivity contribution is 6.01. The highest BCUT2D eigenvalue weighted by Crippen LogP contribution is 2.52. The molecular weight excluding hydrogens is 334 g/mol. The molecule has 3 N–H and O–H groups in total. The van der Waals surface area contributed by atoms with E-state index in [9.17, 15) is 9.59 Å². The Hall–Kier alpha value is -2.83. The van der Waals surface area contributed by atoms with E-state index in [1.807, 2.05) is 6.92 Å². The van der Waals surface area contributed by atoms with Crippen molar-refractivity contribution in [2.75, 3.05) is 13.7 Å². The predicted molar refractivity (Wildman–Crippen MR) is 95.1 cm³/mol. The molecule has 2 fully saturated rings. The van der Waals surface area contributed by atoms with Crippen molar-refractivity contribution in [1.29, 1.82) is 0 Å². The van der Waals surface area contributed by atoms with Gasteiger partial charge in [0.1, 0.15) is 12.4 Å². The summed E-state index contributed by atoms with van der Waals surface area (Å²) in [6.07, 6.45) is 3.58. The molecule has 0 spiro atoms. The van der Waals surface area contributed by atoms with Gasteiger partial charge in [0.15, 0.2) is 0 Å². The molecule has 3 atom stereocenters. The fourth-order valence-electron chi connectivity index (χ4n) is 4.08. The van der Waals surface area contributed by atoms with Gasteiger partial charge in [0.25, 0.3) is 5.91 Å². The topological polar surface area (TPSA) is 104 Å². The van der Waals surface area contributed by atoms with Crippen LogP contribution >= 0.6 is 0 Å². The molecule has 1 unspecified atom stereocenters. The molecule has 1 aliphatic heterocycles. The number of hydrogen-bond donors (Lipinski definition) is 2. The molecule has 1 saturated heterocycles. The van der Waals surface area contributed by atoms with Crippen LogP contribution in [0.25, 0.3) is 10.8 Å². The van der Waals surface area contributed by atoms with Crippen LogP contribution in [0.2, 0.25) is 0 Å². The van der Waals surface area contributed by atoms with Crippen molar-refractivity contribution in [1.82, 2.24) is 10.3 Å². The second-order valence-corrected chi connectivity index (χ2v) is 7.21. The predicted octanol–water partition coefficient (Wildman–Crippen LogP) is 1.64. The Morgan fingerprint density at radius 2 is 2.27 bits per heavy atom. The Labute approximate surface area is 150 Å². The molecule has 2 amide bonds. The molecule has 2 heterocycles. The Balaban J connectivity index is 1.61. The van der Waals surface area contributed by atoms with E-state index >= 15 is 0 Å². The Morgan fingerprint density at radius 3 is 2.88 bits per heavy atom. The van der Waals surface area contributed by atoms with E-state index in [1.165, 1.54) is 7.11 Å². The second-order valence-electron chi connectivity index (χ2n) is 7.21. The maximum absolute atomic E-state index is 12.1. The van der Waals surface area contributed by atoms with Gasteiger partial charge in [-0.2, -0.15) is 0 Å². The number of ether oxygens (including phenoxy) is 2. The van der Waals surface area contributed by atoms with Crippen molar-refractivity contribution >= 4 is 22.6 Å². The summed E-state index contributed by atoms with van der Waals surface area (Å²) in [4.78, 5) is 28.0. The molecule has 136 valence electrons. The number of carbonyl (C=O) groups excluding carboxylic acids is 2. The maximum Gasteiger partial charge on any atom is 0.252 e. The van der Waals surface area contributed by atoms with E-state index in [0.717, 1.165) is 23.6 Å². The zero-order valence-corrected chi connectivity index (χ0v) is 14.7. The Kier molecular flexibility index (Phi) is 3.75. The molecule has 1 aromatic carbocycles. The van der Waals surface area contributed by atoms with Gasteiger partial charge in [0.2, 0.25) is 11.8 Å². The highest BCUT2D eigenvalue weighted by Gasteiger charge is 2.57. The number of pyridine rings is 1. The number of aromatic nitrogens is 1. The lowest BCUT2D eigenvalue weighted by molar-refractivity contribution is -0.132. The number of primary amides is 1. The second kappa shape index (κ2) is 5.86. The summed E-state index contributed by atoms with van der Waals surface area (Å²) in [5.41, 5.74) is 5.48. The summed E-state index contributed by atoms with van der Waals surface area (Å²) in [5, 5.41) is 4.56. The van der Waals surface area contributed by atoms with Gasteiger partial charge < -0.3 is 20.5 Å². The molecule has 7 nitrogen and oxygen atoms in total. The zero-order chi connectivity index (χ0) is 18.5. The van der Waals surface area contributed by atoms with Crippen LogP contribution in [0.15, 0.2) is 24.4 Å². The van der Waals surface area contributed by atoms with Crippen LogP contribution in [0.5, 0.6) is 11.6 Å². The lowest BCUT2D eigenvalue weighted by Gasteiger charge is -2.40. The van der Waals surface area contributed by atoms with Crippen molar-refractivity contribution in [3.05, 3.63) is 30.0 Å². The first-order valence-corrected chi connectivity index (χ1v) is 8.64. The van der Waals surface area contributed by atoms with Gasteiger partial charge in [0, 0.05) is 11.6 Å². The van der Waals surface area contributed by atoms with Gasteiger partial charge in [0.05, 0.1) is 24.1 Å². The van der Waals surface area contributed by atoms with Crippen molar-refractivity contribution in [2.24, 2.45) is 17.1 Å². The highest BCUT2D eigenvalue weighted by atomic mass is 16.5. The van der Waals surface area contributed by atoms with E-state index in [1.54, 1.807) is 24.4 Å². The Bertz CT molecular complexity index is 913. The number of rotatable bonds is 5. The molecular formula is C19H21N3O4. The molecule has 2 aromatic rings. The number of benzene rings is 1. The molecule has 0 radical (unpaired) electrons. The fraction of sp³-hybridized carbons (Fsp3) is 0.421. The van der Waals surface area contributed by atoms with Crippen LogP contribution in [-0.4, -0.2) is 36.6 Å². The molecule has 26 heavy (non-hydrogen) atoms. The number of nitrogens with one attached hydrogen (secondary N) is 1. The minimum Gasteiger partial charge on any atom is -0.496 e. The normalized spacial score (nSPS) is 26.8. The smallest absolute Gasteiger partial charge is 0.252 e. The summed E-state index contributed by atoms with van der Waals surface area (Å²) in [6, 6.07) is 5.16. The standard InChI is InChI=1S/C19H21N3O4/c1-19-5-3-13(19)14(22-18(19)24)9-26-17-11-8-15(25-2)12(16(20)23)7-10(11)4-6-21-17/h4,6-8,13-14H,3,5,9H2,1-2H3,(H2,20,23)(H,22,24)/t13-,14?,19-/m1/s1. The molecule has 0 bridgehead atoms. The summed E-state index contributed by atoms with van der Waals surface area (Å²) >= 11 is 0. The average Bonchev–Trinajstić information content (AvgIpc) is 2.78. The van der Waals surface area contributed by atoms with Crippen molar-refractivity contribution < 1.29 is 19.1 Å². The maximum atomic E-state index is 12.1. The zero-order valence-electron chi connectivity index (χ0n) is 14.7. The number of hydrogen-bond acceptors (Lipinski definition) is 5. The third kappa shape index (κ3) is 2.38. The molecule has 1 aromatic heterocycles. The largest absolute Gasteiger partial charge is 0.496 e. The minimum absolute atomic E-state index is 0.00917. The summed E-state index contributed by atoms with van der Waals surface area (Å²) in [7, 11) is 1.48. The number of nitrogens with zero attached hydrogens (tertiary/aromatic N) is 1. The van der Waals surface area contributed by atoms with Crippen LogP contribution in [0.1, 0.15) is 30.1 Å². The van der Waals surface area contributed by atoms with E-state index in [2.05, 4.69) is 10.3 Å². The summed E-state index contributed by atoms with van der Waals surface area (Å²) in [5.74, 6) is 0.686. The first-order valence-electron chi connectivity index (χ1n) is 8.64. The number of amides is 2. The minimum atomic E-state index is -0.555. The fourth-order valence-corrected chi connectivity index (χ4v) is 4.08. The van der Waals surface area contributed by atoms with Gasteiger partial charge in [-0.1, -0.05) is 6.92 Å². The van der Waals surface area contributed by atoms with Gasteiger partial charge in [-0.05, 0) is 42.3 Å². The SMILES string of the molecule is COc1cc2c(OCC3NC(=O)[C@]4(C)CC[C@H]34)nccc2cc1C(N)=O. The van der Waals surface area contributed by atoms with Gasteiger partial charge in [-0.15, -0.1) is 0 Å². The molecule has 1 saturated carbocycles. The third-order valence-electron chi connectivity index (χ3n) is 5.83. The third-order valence-corrected chi connectivity index (χ3v) is 5.83. The first-order chi connectivity index (χ1) is 12.4. The van der Waals surface area contributed by atoms with Crippen LogP contribution in [0, 0.1) is 11.3 Å². The van der Waals surface area contributed by atoms with Crippen LogP contribution in [-0.2, 0) is 4.79 Å². The van der Waals surface area contributed by atoms with E-state index in [4.69, 9.17) is 15.2 Å². The number of nitrogens with two attached hydrogens (primary N) is 1. The number of fused-ring (bicyclic) bond motifs is 2. The van der Waals surface area contributed by atoms with Crippen LogP contribution in [0.4, 0.5) is 0 Å². The average molecular weight is 355 g/mol. The first kappa shape index (κ1) is 16.6. The lowest BCUT2D eigenvalue weighted by Crippen LogP contribution is -2.42. The van der Waals surface area contributed by atoms with E-state index < -0.39 is 5.91 Å². The van der Waals surface area contributed by atoms with Crippen molar-refractivity contribution in [3.8, 4) is 11.6 Å². The van der Waals surface area contributed by atoms with Gasteiger partial charge in [-0.3, -0.25) is 9.59 Å². The Morgan fingerprint density at radius 1 is 1.46 bits per heavy atom. The molecule has 1 aliphatic carbocycles. The lowest BCUT2D eigenvalue weighted by atomic mass is 9.61. The molecule has 4 rings (SSSR count). The van der Waals surface area contributed by atoms with Crippen LogP contribution < -0.4 is 20.5 Å². The van der Waals surface area contributed by atoms with Gasteiger partial charge >= 0.3 is 0 Å².